The van der Waals surface area contributed by atoms with Gasteiger partial charge in [-0.2, -0.15) is 0 Å². The standard InChI is InChI=1S/C12H24O4/c1-3-5-7-8-11(10-16-12(13)14)15-9-6-4-2/h11H,3-10H2,1-2H3,(H,13,14). The highest BCUT2D eigenvalue weighted by Gasteiger charge is 2.11. The van der Waals surface area contributed by atoms with Crippen molar-refractivity contribution in [2.75, 3.05) is 13.2 Å². The molecule has 4 nitrogen and oxygen atoms in total. The van der Waals surface area contributed by atoms with Crippen LogP contribution in [0.5, 0.6) is 0 Å². The molecule has 4 heteroatoms. The van der Waals surface area contributed by atoms with E-state index in [1.54, 1.807) is 0 Å². The van der Waals surface area contributed by atoms with Crippen LogP contribution in [-0.2, 0) is 9.47 Å². The molecule has 0 rings (SSSR count). The van der Waals surface area contributed by atoms with Crippen LogP contribution in [0.2, 0.25) is 0 Å². The van der Waals surface area contributed by atoms with Crippen LogP contribution in [0.3, 0.4) is 0 Å². The van der Waals surface area contributed by atoms with Gasteiger partial charge in [0.05, 0.1) is 6.10 Å². The van der Waals surface area contributed by atoms with E-state index in [1.807, 2.05) is 0 Å². The van der Waals surface area contributed by atoms with Gasteiger partial charge in [-0.15, -0.1) is 0 Å². The van der Waals surface area contributed by atoms with Crippen LogP contribution in [0.4, 0.5) is 4.79 Å². The molecule has 96 valence electrons. The Hall–Kier alpha value is -0.770. The van der Waals surface area contributed by atoms with E-state index in [9.17, 15) is 4.79 Å². The Morgan fingerprint density at radius 2 is 1.88 bits per heavy atom. The summed E-state index contributed by atoms with van der Waals surface area (Å²) in [6.45, 7) is 5.09. The first kappa shape index (κ1) is 15.2. The van der Waals surface area contributed by atoms with Gasteiger partial charge in [0.25, 0.3) is 0 Å². The summed E-state index contributed by atoms with van der Waals surface area (Å²) in [5, 5.41) is 8.43. The van der Waals surface area contributed by atoms with Gasteiger partial charge in [-0.1, -0.05) is 39.5 Å². The minimum absolute atomic E-state index is 0.0748. The van der Waals surface area contributed by atoms with Crippen LogP contribution in [0, 0.1) is 0 Å². The zero-order valence-electron chi connectivity index (χ0n) is 10.4. The third-order valence-corrected chi connectivity index (χ3v) is 2.37. The fourth-order valence-corrected chi connectivity index (χ4v) is 1.40. The van der Waals surface area contributed by atoms with Crippen molar-refractivity contribution in [3.63, 3.8) is 0 Å². The second-order valence-electron chi connectivity index (χ2n) is 3.92. The van der Waals surface area contributed by atoms with Gasteiger partial charge in [0.15, 0.2) is 0 Å². The van der Waals surface area contributed by atoms with Crippen molar-refractivity contribution in [3.8, 4) is 0 Å². The highest BCUT2D eigenvalue weighted by molar-refractivity contribution is 5.56. The average molecular weight is 232 g/mol. The van der Waals surface area contributed by atoms with E-state index in [-0.39, 0.29) is 12.7 Å². The maximum absolute atomic E-state index is 10.3. The van der Waals surface area contributed by atoms with Gasteiger partial charge in [-0.3, -0.25) is 0 Å². The van der Waals surface area contributed by atoms with Gasteiger partial charge >= 0.3 is 6.16 Å². The van der Waals surface area contributed by atoms with E-state index >= 15 is 0 Å². The fourth-order valence-electron chi connectivity index (χ4n) is 1.40. The second-order valence-corrected chi connectivity index (χ2v) is 3.92. The Labute approximate surface area is 97.9 Å². The summed E-state index contributed by atoms with van der Waals surface area (Å²) in [5.74, 6) is 0. The highest BCUT2D eigenvalue weighted by atomic mass is 16.7. The van der Waals surface area contributed by atoms with Gasteiger partial charge in [0.2, 0.25) is 0 Å². The lowest BCUT2D eigenvalue weighted by Gasteiger charge is -2.16. The third-order valence-electron chi connectivity index (χ3n) is 2.37. The molecule has 0 bridgehead atoms. The Morgan fingerprint density at radius 1 is 1.19 bits per heavy atom. The first-order chi connectivity index (χ1) is 7.70. The maximum Gasteiger partial charge on any atom is 0.505 e. The largest absolute Gasteiger partial charge is 0.505 e. The van der Waals surface area contributed by atoms with Crippen molar-refractivity contribution < 1.29 is 19.4 Å². The van der Waals surface area contributed by atoms with Crippen LogP contribution in [0.1, 0.15) is 52.4 Å². The fraction of sp³-hybridized carbons (Fsp3) is 0.917. The number of hydrogen-bond donors (Lipinski definition) is 1. The molecule has 0 radical (unpaired) electrons. The minimum Gasteiger partial charge on any atom is -0.450 e. The summed E-state index contributed by atoms with van der Waals surface area (Å²) in [7, 11) is 0. The monoisotopic (exact) mass is 232 g/mol. The number of ether oxygens (including phenoxy) is 2. The van der Waals surface area contributed by atoms with E-state index in [0.29, 0.717) is 6.61 Å². The van der Waals surface area contributed by atoms with E-state index in [4.69, 9.17) is 9.84 Å². The number of hydrogen-bond acceptors (Lipinski definition) is 3. The normalized spacial score (nSPS) is 12.4. The van der Waals surface area contributed by atoms with Crippen LogP contribution < -0.4 is 0 Å². The van der Waals surface area contributed by atoms with Gasteiger partial charge in [-0.25, -0.2) is 4.79 Å². The van der Waals surface area contributed by atoms with Crippen molar-refractivity contribution >= 4 is 6.16 Å². The summed E-state index contributed by atoms with van der Waals surface area (Å²) in [5.41, 5.74) is 0. The molecule has 0 spiro atoms. The van der Waals surface area contributed by atoms with E-state index in [2.05, 4.69) is 18.6 Å². The molecular weight excluding hydrogens is 208 g/mol. The van der Waals surface area contributed by atoms with Crippen molar-refractivity contribution in [1.82, 2.24) is 0 Å². The number of unbranched alkanes of at least 4 members (excludes halogenated alkanes) is 3. The molecule has 0 aromatic rings. The Kier molecular flexibility index (Phi) is 10.2. The van der Waals surface area contributed by atoms with Gasteiger partial charge in [-0.05, 0) is 12.8 Å². The van der Waals surface area contributed by atoms with E-state index in [1.165, 1.54) is 0 Å². The molecule has 16 heavy (non-hydrogen) atoms. The molecule has 0 aromatic carbocycles. The summed E-state index contributed by atoms with van der Waals surface area (Å²) in [4.78, 5) is 10.3. The van der Waals surface area contributed by atoms with Crippen molar-refractivity contribution in [2.24, 2.45) is 0 Å². The molecule has 0 aromatic heterocycles. The SMILES string of the molecule is CCCCCC(COC(=O)O)OCCCC. The molecule has 0 aliphatic rings. The molecule has 0 saturated carbocycles. The lowest BCUT2D eigenvalue weighted by molar-refractivity contribution is -0.0128. The van der Waals surface area contributed by atoms with Gasteiger partial charge in [0.1, 0.15) is 6.61 Å². The summed E-state index contributed by atoms with van der Waals surface area (Å²) in [6.07, 6.45) is 5.05. The first-order valence-electron chi connectivity index (χ1n) is 6.18. The number of carboxylic acid groups (broad SMARTS) is 1. The predicted octanol–water partition coefficient (Wildman–Crippen LogP) is 3.45. The third kappa shape index (κ3) is 9.77. The summed E-state index contributed by atoms with van der Waals surface area (Å²) < 4.78 is 10.1. The predicted molar refractivity (Wildman–Crippen MR) is 62.8 cm³/mol. The smallest absolute Gasteiger partial charge is 0.450 e. The Balaban J connectivity index is 3.71. The van der Waals surface area contributed by atoms with Crippen LogP contribution in [0.25, 0.3) is 0 Å². The van der Waals surface area contributed by atoms with Crippen molar-refractivity contribution in [3.05, 3.63) is 0 Å². The molecule has 1 atom stereocenters. The first-order valence-corrected chi connectivity index (χ1v) is 6.18. The second kappa shape index (κ2) is 10.7. The summed E-state index contributed by atoms with van der Waals surface area (Å²) in [6, 6.07) is 0. The zero-order valence-corrected chi connectivity index (χ0v) is 10.4. The van der Waals surface area contributed by atoms with Crippen LogP contribution >= 0.6 is 0 Å². The Bertz CT molecular complexity index is 160. The average Bonchev–Trinajstić information content (AvgIpc) is 2.25. The van der Waals surface area contributed by atoms with Crippen molar-refractivity contribution in [1.29, 1.82) is 0 Å². The van der Waals surface area contributed by atoms with Gasteiger partial charge in [0, 0.05) is 6.61 Å². The molecule has 1 unspecified atom stereocenters. The molecule has 0 aliphatic carbocycles. The number of rotatable bonds is 10. The molecule has 0 heterocycles. The molecule has 0 saturated heterocycles. The van der Waals surface area contributed by atoms with Crippen LogP contribution in [0.15, 0.2) is 0 Å². The van der Waals surface area contributed by atoms with E-state index in [0.717, 1.165) is 38.5 Å². The zero-order chi connectivity index (χ0) is 12.2. The maximum atomic E-state index is 10.3. The minimum atomic E-state index is -1.22. The number of carbonyl (C=O) groups is 1. The Morgan fingerprint density at radius 3 is 2.44 bits per heavy atom. The van der Waals surface area contributed by atoms with Crippen molar-refractivity contribution in [2.45, 2.75) is 58.5 Å². The lowest BCUT2D eigenvalue weighted by Crippen LogP contribution is -2.22. The van der Waals surface area contributed by atoms with Crippen LogP contribution in [-0.4, -0.2) is 30.6 Å². The molecule has 0 fully saturated rings. The molecule has 0 aliphatic heterocycles. The van der Waals surface area contributed by atoms with Gasteiger partial charge < -0.3 is 14.6 Å². The lowest BCUT2D eigenvalue weighted by atomic mass is 10.1. The molecular formula is C12H24O4. The quantitative estimate of drug-likeness (QED) is 0.463. The molecule has 0 amide bonds. The summed E-state index contributed by atoms with van der Waals surface area (Å²) >= 11 is 0. The highest BCUT2D eigenvalue weighted by Crippen LogP contribution is 2.08. The molecule has 1 N–H and O–H groups in total. The van der Waals surface area contributed by atoms with E-state index < -0.39 is 6.16 Å². The topological polar surface area (TPSA) is 55.8 Å².